The Labute approximate surface area is 158 Å². The summed E-state index contributed by atoms with van der Waals surface area (Å²) in [4.78, 5) is 25.6. The number of hydrogen-bond donors (Lipinski definition) is 2. The summed E-state index contributed by atoms with van der Waals surface area (Å²) < 4.78 is 11.0. The lowest BCUT2D eigenvalue weighted by atomic mass is 9.47. The van der Waals surface area contributed by atoms with E-state index in [-0.39, 0.29) is 59.4 Å². The molecule has 146 valence electrons. The number of ketones is 1. The SMILES string of the molecule is COc1c(O)c2c(c(O)c1C(C)C)C(=O)CC1C23CCC[C@@]1(C)C(=O)OC3. The zero-order chi connectivity index (χ0) is 19.7. The third kappa shape index (κ3) is 2.07. The van der Waals surface area contributed by atoms with Gasteiger partial charge in [0.1, 0.15) is 12.4 Å². The largest absolute Gasteiger partial charge is 0.507 e. The van der Waals surface area contributed by atoms with Crippen LogP contribution in [0.3, 0.4) is 0 Å². The lowest BCUT2D eigenvalue weighted by molar-refractivity contribution is -0.183. The number of cyclic esters (lactones) is 1. The van der Waals surface area contributed by atoms with Crippen LogP contribution in [0, 0.1) is 11.3 Å². The molecule has 4 rings (SSSR count). The molecule has 3 aliphatic rings. The Kier molecular flexibility index (Phi) is 3.78. The van der Waals surface area contributed by atoms with Gasteiger partial charge < -0.3 is 19.7 Å². The van der Waals surface area contributed by atoms with Gasteiger partial charge >= 0.3 is 5.97 Å². The van der Waals surface area contributed by atoms with Gasteiger partial charge in [-0.15, -0.1) is 0 Å². The molecule has 1 aromatic rings. The molecule has 1 heterocycles. The van der Waals surface area contributed by atoms with E-state index in [0.717, 1.165) is 6.42 Å². The Morgan fingerprint density at radius 2 is 1.89 bits per heavy atom. The highest BCUT2D eigenvalue weighted by Gasteiger charge is 2.64. The quantitative estimate of drug-likeness (QED) is 0.609. The molecule has 2 bridgehead atoms. The van der Waals surface area contributed by atoms with Crippen molar-refractivity contribution in [3.05, 3.63) is 16.7 Å². The zero-order valence-corrected chi connectivity index (χ0v) is 16.2. The maximum atomic E-state index is 13.1. The van der Waals surface area contributed by atoms with Crippen molar-refractivity contribution >= 4 is 11.8 Å². The predicted octanol–water partition coefficient (Wildman–Crippen LogP) is 3.42. The van der Waals surface area contributed by atoms with Crippen LogP contribution in [0.15, 0.2) is 0 Å². The van der Waals surface area contributed by atoms with Crippen molar-refractivity contribution in [3.63, 3.8) is 0 Å². The molecule has 27 heavy (non-hydrogen) atoms. The number of carbonyl (C=O) groups excluding carboxylic acids is 2. The van der Waals surface area contributed by atoms with Gasteiger partial charge in [-0.1, -0.05) is 20.3 Å². The molecule has 1 saturated carbocycles. The second-order valence-corrected chi connectivity index (χ2v) is 8.73. The lowest BCUT2D eigenvalue weighted by Crippen LogP contribution is -2.61. The number of phenolic OH excluding ortho intramolecular Hbond substituents is 2. The first-order valence-corrected chi connectivity index (χ1v) is 9.55. The van der Waals surface area contributed by atoms with E-state index < -0.39 is 10.8 Å². The highest BCUT2D eigenvalue weighted by atomic mass is 16.5. The third-order valence-electron chi connectivity index (χ3n) is 7.07. The number of esters is 1. The van der Waals surface area contributed by atoms with Gasteiger partial charge in [-0.05, 0) is 31.6 Å². The van der Waals surface area contributed by atoms with Gasteiger partial charge in [-0.2, -0.15) is 0 Å². The number of hydrogen-bond acceptors (Lipinski definition) is 6. The van der Waals surface area contributed by atoms with Gasteiger partial charge in [-0.3, -0.25) is 9.59 Å². The van der Waals surface area contributed by atoms with E-state index in [2.05, 4.69) is 0 Å². The van der Waals surface area contributed by atoms with Crippen molar-refractivity contribution in [2.24, 2.45) is 11.3 Å². The monoisotopic (exact) mass is 374 g/mol. The van der Waals surface area contributed by atoms with Crippen LogP contribution < -0.4 is 4.74 Å². The van der Waals surface area contributed by atoms with Crippen molar-refractivity contribution in [1.82, 2.24) is 0 Å². The normalized spacial score (nSPS) is 32.0. The van der Waals surface area contributed by atoms with Crippen LogP contribution in [-0.2, 0) is 14.9 Å². The number of rotatable bonds is 2. The van der Waals surface area contributed by atoms with Gasteiger partial charge in [0.15, 0.2) is 17.3 Å². The summed E-state index contributed by atoms with van der Waals surface area (Å²) in [6.45, 7) is 5.72. The average Bonchev–Trinajstić information content (AvgIpc) is 2.61. The lowest BCUT2D eigenvalue weighted by Gasteiger charge is -2.57. The summed E-state index contributed by atoms with van der Waals surface area (Å²) in [5.41, 5.74) is -0.413. The molecule has 6 nitrogen and oxygen atoms in total. The second kappa shape index (κ2) is 5.63. The van der Waals surface area contributed by atoms with Gasteiger partial charge in [-0.25, -0.2) is 0 Å². The maximum Gasteiger partial charge on any atom is 0.312 e. The number of phenols is 2. The van der Waals surface area contributed by atoms with Crippen LogP contribution in [0.4, 0.5) is 0 Å². The Hall–Kier alpha value is -2.24. The van der Waals surface area contributed by atoms with Crippen LogP contribution >= 0.6 is 0 Å². The van der Waals surface area contributed by atoms with Gasteiger partial charge in [0.25, 0.3) is 0 Å². The number of benzene rings is 1. The molecular formula is C21H26O6. The fourth-order valence-electron chi connectivity index (χ4n) is 5.80. The maximum absolute atomic E-state index is 13.1. The molecular weight excluding hydrogens is 348 g/mol. The van der Waals surface area contributed by atoms with Crippen LogP contribution in [0.1, 0.15) is 73.9 Å². The third-order valence-corrected chi connectivity index (χ3v) is 7.07. The molecule has 0 spiro atoms. The number of carbonyl (C=O) groups is 2. The van der Waals surface area contributed by atoms with Gasteiger partial charge in [0.05, 0.1) is 18.1 Å². The summed E-state index contributed by atoms with van der Waals surface area (Å²) in [5, 5.41) is 22.2. The Balaban J connectivity index is 2.07. The van der Waals surface area contributed by atoms with Gasteiger partial charge in [0, 0.05) is 23.0 Å². The van der Waals surface area contributed by atoms with Crippen molar-refractivity contribution in [2.75, 3.05) is 13.7 Å². The predicted molar refractivity (Wildman–Crippen MR) is 97.4 cm³/mol. The molecule has 0 amide bonds. The number of methoxy groups -OCH3 is 1. The fraction of sp³-hybridized carbons (Fsp3) is 0.619. The molecule has 6 heteroatoms. The minimum Gasteiger partial charge on any atom is -0.507 e. The zero-order valence-electron chi connectivity index (χ0n) is 16.2. The minimum atomic E-state index is -0.754. The summed E-state index contributed by atoms with van der Waals surface area (Å²) in [5.74, 6) is -0.904. The van der Waals surface area contributed by atoms with Crippen molar-refractivity contribution < 1.29 is 29.3 Å². The Bertz CT molecular complexity index is 857. The molecule has 1 aromatic carbocycles. The van der Waals surface area contributed by atoms with E-state index in [9.17, 15) is 19.8 Å². The standard InChI is InChI=1S/C21H26O6/c1-10(2)13-16(23)14-11(22)8-12-20(3)6-5-7-21(12,9-27-19(20)25)15(14)17(24)18(13)26-4/h10,12,23-24H,5-9H2,1-4H3/t12?,20-,21?/m1/s1. The first-order chi connectivity index (χ1) is 12.7. The highest BCUT2D eigenvalue weighted by molar-refractivity contribution is 6.04. The second-order valence-electron chi connectivity index (χ2n) is 8.73. The molecule has 2 fully saturated rings. The highest BCUT2D eigenvalue weighted by Crippen LogP contribution is 2.64. The first-order valence-electron chi connectivity index (χ1n) is 9.55. The summed E-state index contributed by atoms with van der Waals surface area (Å²) in [6, 6.07) is 0. The van der Waals surface area contributed by atoms with E-state index in [0.29, 0.717) is 24.0 Å². The van der Waals surface area contributed by atoms with Crippen LogP contribution in [0.2, 0.25) is 0 Å². The average molecular weight is 374 g/mol. The number of fused-ring (bicyclic) bond motifs is 1. The Morgan fingerprint density at radius 3 is 2.52 bits per heavy atom. The summed E-state index contributed by atoms with van der Waals surface area (Å²) in [7, 11) is 1.44. The number of ether oxygens (including phenoxy) is 2. The fourth-order valence-corrected chi connectivity index (χ4v) is 5.80. The molecule has 3 atom stereocenters. The topological polar surface area (TPSA) is 93.1 Å². The van der Waals surface area contributed by atoms with Crippen molar-refractivity contribution in [2.45, 2.75) is 57.8 Å². The van der Waals surface area contributed by atoms with E-state index >= 15 is 0 Å². The smallest absolute Gasteiger partial charge is 0.312 e. The van der Waals surface area contributed by atoms with Crippen LogP contribution in [-0.4, -0.2) is 35.7 Å². The van der Waals surface area contributed by atoms with Crippen LogP contribution in [0.5, 0.6) is 17.2 Å². The summed E-state index contributed by atoms with van der Waals surface area (Å²) >= 11 is 0. The molecule has 0 aromatic heterocycles. The number of Topliss-reactive ketones (excluding diaryl/α,β-unsaturated/α-hetero) is 1. The number of aromatic hydroxyl groups is 2. The van der Waals surface area contributed by atoms with E-state index in [1.807, 2.05) is 20.8 Å². The Morgan fingerprint density at radius 1 is 1.19 bits per heavy atom. The van der Waals surface area contributed by atoms with Crippen molar-refractivity contribution in [1.29, 1.82) is 0 Å². The molecule has 2 aliphatic carbocycles. The van der Waals surface area contributed by atoms with Crippen molar-refractivity contribution in [3.8, 4) is 17.2 Å². The molecule has 2 unspecified atom stereocenters. The minimum absolute atomic E-state index is 0.103. The van der Waals surface area contributed by atoms with E-state index in [1.54, 1.807) is 0 Å². The molecule has 0 radical (unpaired) electrons. The molecule has 2 N–H and O–H groups in total. The van der Waals surface area contributed by atoms with E-state index in [4.69, 9.17) is 9.47 Å². The molecule has 1 aliphatic heterocycles. The summed E-state index contributed by atoms with van der Waals surface area (Å²) in [6.07, 6.45) is 2.33. The van der Waals surface area contributed by atoms with Crippen LogP contribution in [0.25, 0.3) is 0 Å². The van der Waals surface area contributed by atoms with Gasteiger partial charge in [0.2, 0.25) is 0 Å². The first kappa shape index (κ1) is 18.1. The molecule has 1 saturated heterocycles. The van der Waals surface area contributed by atoms with E-state index in [1.165, 1.54) is 7.11 Å².